The first-order valence-corrected chi connectivity index (χ1v) is 6.37. The summed E-state index contributed by atoms with van der Waals surface area (Å²) in [6.45, 7) is 1.38. The zero-order valence-electron chi connectivity index (χ0n) is 9.41. The number of aliphatic imine (C=N–C) groups is 1. The van der Waals surface area contributed by atoms with Crippen molar-refractivity contribution in [3.63, 3.8) is 0 Å². The van der Waals surface area contributed by atoms with E-state index in [1.165, 1.54) is 12.3 Å². The first kappa shape index (κ1) is 14.8. The van der Waals surface area contributed by atoms with E-state index in [4.69, 9.17) is 10.5 Å². The number of halogens is 3. The van der Waals surface area contributed by atoms with E-state index in [2.05, 4.69) is 4.99 Å². The summed E-state index contributed by atoms with van der Waals surface area (Å²) in [7, 11) is 0. The molecule has 0 radical (unpaired) electrons. The zero-order chi connectivity index (χ0) is 12.7. The molecule has 7 heteroatoms. The summed E-state index contributed by atoms with van der Waals surface area (Å²) in [5.74, 6) is -2.81. The van der Waals surface area contributed by atoms with Gasteiger partial charge in [0, 0.05) is 13.1 Å². The molecule has 1 heterocycles. The first-order valence-electron chi connectivity index (χ1n) is 5.30. The second-order valence-corrected chi connectivity index (χ2v) is 4.85. The highest BCUT2D eigenvalue weighted by Gasteiger charge is 2.32. The summed E-state index contributed by atoms with van der Waals surface area (Å²) in [6, 6.07) is 0. The topological polar surface area (TPSA) is 50.8 Å². The van der Waals surface area contributed by atoms with Crippen molar-refractivity contribution in [1.29, 1.82) is 0 Å². The third-order valence-corrected chi connectivity index (χ3v) is 2.95. The van der Waals surface area contributed by atoms with Gasteiger partial charge >= 0.3 is 0 Å². The Morgan fingerprint density at radius 3 is 2.71 bits per heavy atom. The summed E-state index contributed by atoms with van der Waals surface area (Å²) in [5.41, 5.74) is 5.14. The molecule has 98 valence electrons. The third-order valence-electron chi connectivity index (χ3n) is 2.25. The van der Waals surface area contributed by atoms with E-state index in [1.807, 2.05) is 22.6 Å². The van der Waals surface area contributed by atoms with Crippen LogP contribution in [0.2, 0.25) is 0 Å². The number of nitrogens with two attached hydrogens (primary N) is 1. The smallest absolute Gasteiger partial charge is 0.279 e. The molecule has 0 atom stereocenters. The van der Waals surface area contributed by atoms with E-state index in [0.717, 1.165) is 0 Å². The molecule has 0 aromatic carbocycles. The molecule has 0 aromatic rings. The zero-order valence-corrected chi connectivity index (χ0v) is 11.6. The van der Waals surface area contributed by atoms with E-state index >= 15 is 0 Å². The second-order valence-electron chi connectivity index (χ2n) is 3.74. The Morgan fingerprint density at radius 2 is 2.12 bits per heavy atom. The Balaban J connectivity index is 2.41. The van der Waals surface area contributed by atoms with Gasteiger partial charge in [-0.1, -0.05) is 0 Å². The van der Waals surface area contributed by atoms with Crippen molar-refractivity contribution in [3.05, 3.63) is 12.3 Å². The molecule has 0 saturated carbocycles. The lowest BCUT2D eigenvalue weighted by Crippen LogP contribution is -2.44. The van der Waals surface area contributed by atoms with Crippen molar-refractivity contribution in [2.24, 2.45) is 10.7 Å². The molecule has 0 spiro atoms. The summed E-state index contributed by atoms with van der Waals surface area (Å²) in [4.78, 5) is 5.48. The number of hydrogen-bond donors (Lipinski definition) is 1. The van der Waals surface area contributed by atoms with Gasteiger partial charge in [0.25, 0.3) is 5.92 Å². The second kappa shape index (κ2) is 7.22. The van der Waals surface area contributed by atoms with E-state index in [0.29, 0.717) is 30.0 Å². The number of alkyl halides is 2. The normalized spacial score (nSPS) is 20.1. The molecular formula is C10H16F2IN3O. The van der Waals surface area contributed by atoms with Crippen molar-refractivity contribution in [1.82, 2.24) is 4.90 Å². The summed E-state index contributed by atoms with van der Waals surface area (Å²) in [6.07, 6.45) is 2.77. The fourth-order valence-electron chi connectivity index (χ4n) is 1.46. The van der Waals surface area contributed by atoms with Crippen LogP contribution in [0.5, 0.6) is 0 Å². The van der Waals surface area contributed by atoms with E-state index in [-0.39, 0.29) is 6.54 Å². The van der Waals surface area contributed by atoms with Crippen LogP contribution in [0.15, 0.2) is 17.3 Å². The van der Waals surface area contributed by atoms with Crippen LogP contribution in [0.3, 0.4) is 0 Å². The van der Waals surface area contributed by atoms with Gasteiger partial charge in [-0.05, 0) is 34.9 Å². The van der Waals surface area contributed by atoms with Gasteiger partial charge in [0.05, 0.1) is 23.5 Å². The Hall–Kier alpha value is -0.280. The minimum absolute atomic E-state index is 0.268. The van der Waals surface area contributed by atoms with Crippen LogP contribution >= 0.6 is 22.6 Å². The number of allylic oxidation sites excluding steroid dienone is 1. The van der Waals surface area contributed by atoms with Gasteiger partial charge in [-0.25, -0.2) is 8.78 Å². The maximum atomic E-state index is 13.6. The highest BCUT2D eigenvalue weighted by atomic mass is 127. The average Bonchev–Trinajstić information content (AvgIpc) is 2.28. The number of nitrogens with zero attached hydrogens (tertiary/aromatic N) is 2. The van der Waals surface area contributed by atoms with Crippen molar-refractivity contribution in [3.8, 4) is 0 Å². The van der Waals surface area contributed by atoms with Gasteiger partial charge in [-0.15, -0.1) is 0 Å². The molecule has 1 aliphatic heterocycles. The predicted molar refractivity (Wildman–Crippen MR) is 71.9 cm³/mol. The molecular weight excluding hydrogens is 343 g/mol. The highest BCUT2D eigenvalue weighted by molar-refractivity contribution is 14.1. The molecule has 0 aromatic heterocycles. The Kier molecular flexibility index (Phi) is 6.28. The molecule has 1 fully saturated rings. The van der Waals surface area contributed by atoms with Crippen molar-refractivity contribution < 1.29 is 13.5 Å². The summed E-state index contributed by atoms with van der Waals surface area (Å²) in [5, 5.41) is 0. The predicted octanol–water partition coefficient (Wildman–Crippen LogP) is 1.26. The third kappa shape index (κ3) is 6.27. The molecule has 17 heavy (non-hydrogen) atoms. The van der Waals surface area contributed by atoms with Crippen LogP contribution < -0.4 is 5.73 Å². The molecule has 1 aliphatic rings. The Bertz CT molecular complexity index is 291. The van der Waals surface area contributed by atoms with Crippen LogP contribution in [0.1, 0.15) is 0 Å². The number of hydrogen-bond acceptors (Lipinski definition) is 4. The van der Waals surface area contributed by atoms with E-state index in [1.54, 1.807) is 4.90 Å². The molecule has 0 aliphatic carbocycles. The minimum Gasteiger partial charge on any atom is -0.405 e. The summed E-state index contributed by atoms with van der Waals surface area (Å²) < 4.78 is 32.7. The van der Waals surface area contributed by atoms with Crippen LogP contribution in [0, 0.1) is 0 Å². The van der Waals surface area contributed by atoms with Gasteiger partial charge in [0.15, 0.2) is 0 Å². The fourth-order valence-corrected chi connectivity index (χ4v) is 1.84. The van der Waals surface area contributed by atoms with Crippen molar-refractivity contribution in [2.75, 3.05) is 39.4 Å². The van der Waals surface area contributed by atoms with Crippen LogP contribution in [-0.2, 0) is 4.74 Å². The molecule has 0 amide bonds. The first-order chi connectivity index (χ1) is 8.03. The van der Waals surface area contributed by atoms with Crippen molar-refractivity contribution >= 4 is 26.3 Å². The average molecular weight is 359 g/mol. The molecule has 0 unspecified atom stereocenters. The largest absolute Gasteiger partial charge is 0.405 e. The summed E-state index contributed by atoms with van der Waals surface area (Å²) >= 11 is 1.87. The lowest BCUT2D eigenvalue weighted by atomic mass is 10.3. The van der Waals surface area contributed by atoms with Gasteiger partial charge in [0.2, 0.25) is 0 Å². The SMILES string of the molecule is N/C=C\C(I)=N/CC(F)(F)CN1CCOCC1. The number of ether oxygens (including phenoxy) is 1. The standard InChI is InChI=1S/C10H16F2IN3O/c11-10(12,7-15-9(13)1-2-14)8-16-3-5-17-6-4-16/h1-2H,3-8,14H2/b2-1-,15-9+. The van der Waals surface area contributed by atoms with E-state index in [9.17, 15) is 8.78 Å². The molecule has 2 N–H and O–H groups in total. The van der Waals surface area contributed by atoms with Gasteiger partial charge in [-0.3, -0.25) is 9.89 Å². The van der Waals surface area contributed by atoms with E-state index < -0.39 is 12.5 Å². The lowest BCUT2D eigenvalue weighted by Gasteiger charge is -2.29. The quantitative estimate of drug-likeness (QED) is 0.594. The van der Waals surface area contributed by atoms with Gasteiger partial charge in [0.1, 0.15) is 6.54 Å². The Labute approximate surface area is 113 Å². The highest BCUT2D eigenvalue weighted by Crippen LogP contribution is 2.17. The Morgan fingerprint density at radius 1 is 1.47 bits per heavy atom. The fraction of sp³-hybridized carbons (Fsp3) is 0.700. The number of morpholine rings is 1. The van der Waals surface area contributed by atoms with Gasteiger partial charge < -0.3 is 10.5 Å². The minimum atomic E-state index is -2.81. The molecule has 4 nitrogen and oxygen atoms in total. The number of rotatable bonds is 5. The molecule has 1 saturated heterocycles. The van der Waals surface area contributed by atoms with Crippen molar-refractivity contribution in [2.45, 2.75) is 5.92 Å². The van der Waals surface area contributed by atoms with Crippen LogP contribution in [-0.4, -0.2) is 53.9 Å². The maximum absolute atomic E-state index is 13.6. The monoisotopic (exact) mass is 359 g/mol. The maximum Gasteiger partial charge on any atom is 0.279 e. The van der Waals surface area contributed by atoms with Crippen LogP contribution in [0.4, 0.5) is 8.78 Å². The van der Waals surface area contributed by atoms with Crippen LogP contribution in [0.25, 0.3) is 0 Å². The molecule has 0 bridgehead atoms. The molecule has 1 rings (SSSR count). The lowest BCUT2D eigenvalue weighted by molar-refractivity contribution is -0.0500. The van der Waals surface area contributed by atoms with Gasteiger partial charge in [-0.2, -0.15) is 0 Å².